The SMILES string of the molecule is CCN(Cc1ccccc1C(F)(F)F)CC(C)(C)O. The predicted octanol–water partition coefficient (Wildman–Crippen LogP) is 3.30. The highest BCUT2D eigenvalue weighted by molar-refractivity contribution is 5.29. The van der Waals surface area contributed by atoms with Gasteiger partial charge in [0.1, 0.15) is 0 Å². The molecular formula is C14H20F3NO. The number of benzene rings is 1. The first kappa shape index (κ1) is 16.0. The lowest BCUT2D eigenvalue weighted by Crippen LogP contribution is -2.38. The van der Waals surface area contributed by atoms with E-state index >= 15 is 0 Å². The van der Waals surface area contributed by atoms with Crippen LogP contribution in [0.2, 0.25) is 0 Å². The average Bonchev–Trinajstić information content (AvgIpc) is 2.25. The molecule has 1 aromatic rings. The quantitative estimate of drug-likeness (QED) is 0.891. The minimum absolute atomic E-state index is 0.177. The molecule has 19 heavy (non-hydrogen) atoms. The zero-order valence-electron chi connectivity index (χ0n) is 11.5. The lowest BCUT2D eigenvalue weighted by molar-refractivity contribution is -0.138. The fraction of sp³-hybridized carbons (Fsp3) is 0.571. The van der Waals surface area contributed by atoms with Crippen LogP contribution in [0.3, 0.4) is 0 Å². The second-order valence-corrected chi connectivity index (χ2v) is 5.27. The molecule has 108 valence electrons. The first-order chi connectivity index (χ1) is 8.63. The number of rotatable bonds is 5. The Morgan fingerprint density at radius 1 is 1.16 bits per heavy atom. The average molecular weight is 275 g/mol. The highest BCUT2D eigenvalue weighted by Crippen LogP contribution is 2.32. The highest BCUT2D eigenvalue weighted by Gasteiger charge is 2.33. The number of nitrogens with zero attached hydrogens (tertiary/aromatic N) is 1. The van der Waals surface area contributed by atoms with Gasteiger partial charge in [-0.2, -0.15) is 13.2 Å². The van der Waals surface area contributed by atoms with Crippen LogP contribution in [0.5, 0.6) is 0 Å². The molecule has 0 unspecified atom stereocenters. The largest absolute Gasteiger partial charge is 0.416 e. The molecule has 2 nitrogen and oxygen atoms in total. The summed E-state index contributed by atoms with van der Waals surface area (Å²) in [7, 11) is 0. The molecule has 0 saturated heterocycles. The van der Waals surface area contributed by atoms with E-state index in [1.54, 1.807) is 24.8 Å². The Hall–Kier alpha value is -1.07. The molecule has 1 aromatic carbocycles. The van der Waals surface area contributed by atoms with E-state index in [9.17, 15) is 18.3 Å². The molecule has 0 spiro atoms. The van der Waals surface area contributed by atoms with Crippen LogP contribution in [0.4, 0.5) is 13.2 Å². The van der Waals surface area contributed by atoms with Crippen molar-refractivity contribution in [1.29, 1.82) is 0 Å². The third-order valence-corrected chi connectivity index (χ3v) is 2.77. The standard InChI is InChI=1S/C14H20F3NO/c1-4-18(10-13(2,3)19)9-11-7-5-6-8-12(11)14(15,16)17/h5-8,19H,4,9-10H2,1-3H3. The van der Waals surface area contributed by atoms with Crippen molar-refractivity contribution in [3.63, 3.8) is 0 Å². The van der Waals surface area contributed by atoms with E-state index in [1.165, 1.54) is 12.1 Å². The first-order valence-electron chi connectivity index (χ1n) is 6.23. The summed E-state index contributed by atoms with van der Waals surface area (Å²) in [5.41, 5.74) is -1.30. The van der Waals surface area contributed by atoms with Gasteiger partial charge < -0.3 is 5.11 Å². The van der Waals surface area contributed by atoms with Crippen LogP contribution < -0.4 is 0 Å². The molecule has 0 amide bonds. The molecule has 1 N–H and O–H groups in total. The number of alkyl halides is 3. The Bertz CT molecular complexity index is 410. The Morgan fingerprint density at radius 2 is 1.74 bits per heavy atom. The molecule has 0 radical (unpaired) electrons. The molecule has 0 atom stereocenters. The van der Waals surface area contributed by atoms with Crippen molar-refractivity contribution in [2.75, 3.05) is 13.1 Å². The third kappa shape index (κ3) is 5.20. The van der Waals surface area contributed by atoms with Gasteiger partial charge in [0.25, 0.3) is 0 Å². The molecule has 0 aliphatic heterocycles. The van der Waals surface area contributed by atoms with Gasteiger partial charge in [-0.15, -0.1) is 0 Å². The summed E-state index contributed by atoms with van der Waals surface area (Å²) in [6.45, 7) is 6.24. The Balaban J connectivity index is 2.92. The predicted molar refractivity (Wildman–Crippen MR) is 68.7 cm³/mol. The van der Waals surface area contributed by atoms with Crippen LogP contribution in [0, 0.1) is 0 Å². The molecule has 0 aliphatic rings. The molecule has 0 aliphatic carbocycles. The smallest absolute Gasteiger partial charge is 0.389 e. The Labute approximate surface area is 111 Å². The summed E-state index contributed by atoms with van der Waals surface area (Å²) in [6, 6.07) is 5.56. The van der Waals surface area contributed by atoms with Crippen molar-refractivity contribution in [2.45, 2.75) is 39.1 Å². The molecule has 0 aromatic heterocycles. The summed E-state index contributed by atoms with van der Waals surface area (Å²) in [5.74, 6) is 0. The zero-order valence-corrected chi connectivity index (χ0v) is 11.5. The maximum Gasteiger partial charge on any atom is 0.416 e. The van der Waals surface area contributed by atoms with Crippen LogP contribution in [0.25, 0.3) is 0 Å². The lowest BCUT2D eigenvalue weighted by atomic mass is 10.0. The van der Waals surface area contributed by atoms with Crippen molar-refractivity contribution in [3.8, 4) is 0 Å². The number of hydrogen-bond acceptors (Lipinski definition) is 2. The fourth-order valence-electron chi connectivity index (χ4n) is 2.00. The Kier molecular flexibility index (Phi) is 4.98. The van der Waals surface area contributed by atoms with Crippen molar-refractivity contribution >= 4 is 0 Å². The van der Waals surface area contributed by atoms with Gasteiger partial charge in [-0.05, 0) is 32.0 Å². The highest BCUT2D eigenvalue weighted by atomic mass is 19.4. The maximum absolute atomic E-state index is 12.9. The topological polar surface area (TPSA) is 23.5 Å². The fourth-order valence-corrected chi connectivity index (χ4v) is 2.00. The molecule has 5 heteroatoms. The second kappa shape index (κ2) is 5.92. The monoisotopic (exact) mass is 275 g/mol. The van der Waals surface area contributed by atoms with E-state index in [2.05, 4.69) is 0 Å². The van der Waals surface area contributed by atoms with E-state index in [0.29, 0.717) is 13.1 Å². The van der Waals surface area contributed by atoms with E-state index in [1.807, 2.05) is 6.92 Å². The van der Waals surface area contributed by atoms with Crippen LogP contribution in [0.15, 0.2) is 24.3 Å². The Morgan fingerprint density at radius 3 is 2.21 bits per heavy atom. The minimum Gasteiger partial charge on any atom is -0.389 e. The van der Waals surface area contributed by atoms with Gasteiger partial charge in [0.15, 0.2) is 0 Å². The van der Waals surface area contributed by atoms with Gasteiger partial charge in [-0.3, -0.25) is 4.90 Å². The summed E-state index contributed by atoms with van der Waals surface area (Å²) in [4.78, 5) is 1.80. The van der Waals surface area contributed by atoms with Crippen molar-refractivity contribution in [2.24, 2.45) is 0 Å². The van der Waals surface area contributed by atoms with Gasteiger partial charge in [0, 0.05) is 13.1 Å². The summed E-state index contributed by atoms with van der Waals surface area (Å²) in [6.07, 6.45) is -4.34. The van der Waals surface area contributed by atoms with Gasteiger partial charge >= 0.3 is 6.18 Å². The van der Waals surface area contributed by atoms with Crippen molar-refractivity contribution in [1.82, 2.24) is 4.90 Å². The molecule has 0 bridgehead atoms. The summed E-state index contributed by atoms with van der Waals surface area (Å²) >= 11 is 0. The van der Waals surface area contributed by atoms with Gasteiger partial charge in [-0.1, -0.05) is 25.1 Å². The normalized spacial score (nSPS) is 13.1. The minimum atomic E-state index is -4.34. The summed E-state index contributed by atoms with van der Waals surface area (Å²) < 4.78 is 38.6. The number of halogens is 3. The molecular weight excluding hydrogens is 255 g/mol. The summed E-state index contributed by atoms with van der Waals surface area (Å²) in [5, 5.41) is 9.76. The van der Waals surface area contributed by atoms with E-state index < -0.39 is 17.3 Å². The van der Waals surface area contributed by atoms with E-state index in [-0.39, 0.29) is 12.1 Å². The zero-order chi connectivity index (χ0) is 14.7. The van der Waals surface area contributed by atoms with Gasteiger partial charge in [0.2, 0.25) is 0 Å². The van der Waals surface area contributed by atoms with Crippen molar-refractivity contribution < 1.29 is 18.3 Å². The van der Waals surface area contributed by atoms with E-state index in [0.717, 1.165) is 6.07 Å². The third-order valence-electron chi connectivity index (χ3n) is 2.77. The number of likely N-dealkylation sites (N-methyl/N-ethyl adjacent to an activating group) is 1. The van der Waals surface area contributed by atoms with Crippen LogP contribution >= 0.6 is 0 Å². The van der Waals surface area contributed by atoms with Crippen molar-refractivity contribution in [3.05, 3.63) is 35.4 Å². The van der Waals surface area contributed by atoms with Crippen LogP contribution in [-0.4, -0.2) is 28.7 Å². The van der Waals surface area contributed by atoms with Gasteiger partial charge in [0.05, 0.1) is 11.2 Å². The number of hydrogen-bond donors (Lipinski definition) is 1. The van der Waals surface area contributed by atoms with Crippen LogP contribution in [0.1, 0.15) is 31.9 Å². The maximum atomic E-state index is 12.9. The first-order valence-corrected chi connectivity index (χ1v) is 6.23. The van der Waals surface area contributed by atoms with Gasteiger partial charge in [-0.25, -0.2) is 0 Å². The number of aliphatic hydroxyl groups is 1. The van der Waals surface area contributed by atoms with E-state index in [4.69, 9.17) is 0 Å². The molecule has 0 fully saturated rings. The molecule has 0 saturated carbocycles. The molecule has 0 heterocycles. The second-order valence-electron chi connectivity index (χ2n) is 5.27. The molecule has 1 rings (SSSR count). The van der Waals surface area contributed by atoms with Crippen LogP contribution in [-0.2, 0) is 12.7 Å². The lowest BCUT2D eigenvalue weighted by Gasteiger charge is -2.28.